The van der Waals surface area contributed by atoms with Gasteiger partial charge in [-0.1, -0.05) is 52.5 Å². The van der Waals surface area contributed by atoms with Gasteiger partial charge in [-0.3, -0.25) is 14.8 Å². The van der Waals surface area contributed by atoms with Crippen molar-refractivity contribution in [3.05, 3.63) is 95.1 Å². The molecule has 0 bridgehead atoms. The summed E-state index contributed by atoms with van der Waals surface area (Å²) in [6, 6.07) is 9.82. The summed E-state index contributed by atoms with van der Waals surface area (Å²) in [5.74, 6) is 0.167. The van der Waals surface area contributed by atoms with Gasteiger partial charge in [0.25, 0.3) is 5.91 Å². The van der Waals surface area contributed by atoms with E-state index in [1.807, 2.05) is 70.3 Å². The Bertz CT molecular complexity index is 1120. The van der Waals surface area contributed by atoms with Crippen LogP contribution < -0.4 is 10.6 Å². The van der Waals surface area contributed by atoms with Gasteiger partial charge in [-0.2, -0.15) is 0 Å². The van der Waals surface area contributed by atoms with E-state index in [2.05, 4.69) is 54.0 Å². The second kappa shape index (κ2) is 12.7. The van der Waals surface area contributed by atoms with E-state index in [9.17, 15) is 4.79 Å². The van der Waals surface area contributed by atoms with Gasteiger partial charge in [-0.05, 0) is 74.1 Å². The summed E-state index contributed by atoms with van der Waals surface area (Å²) in [6.07, 6.45) is 8.40. The van der Waals surface area contributed by atoms with Gasteiger partial charge in [0.05, 0.1) is 11.3 Å². The van der Waals surface area contributed by atoms with Crippen molar-refractivity contribution in [3.8, 4) is 0 Å². The lowest BCUT2D eigenvalue weighted by Crippen LogP contribution is -2.17. The van der Waals surface area contributed by atoms with Gasteiger partial charge in [-0.15, -0.1) is 0 Å². The van der Waals surface area contributed by atoms with E-state index in [1.54, 1.807) is 6.20 Å². The first-order chi connectivity index (χ1) is 16.2. The summed E-state index contributed by atoms with van der Waals surface area (Å²) in [4.78, 5) is 21.7. The van der Waals surface area contributed by atoms with Crippen LogP contribution in [0.5, 0.6) is 0 Å². The van der Waals surface area contributed by atoms with Crippen LogP contribution in [0.2, 0.25) is 0 Å². The van der Waals surface area contributed by atoms with E-state index in [0.717, 1.165) is 45.9 Å². The van der Waals surface area contributed by atoms with E-state index in [1.165, 1.54) is 0 Å². The van der Waals surface area contributed by atoms with Crippen LogP contribution in [0, 0.1) is 6.92 Å². The van der Waals surface area contributed by atoms with Crippen molar-refractivity contribution >= 4 is 17.3 Å². The topological polar surface area (TPSA) is 66.4 Å². The fourth-order valence-electron chi connectivity index (χ4n) is 3.70. The Morgan fingerprint density at radius 1 is 1.24 bits per heavy atom. The number of hydrogen-bond donors (Lipinski definition) is 2. The van der Waals surface area contributed by atoms with Crippen molar-refractivity contribution in [2.75, 3.05) is 5.32 Å². The molecule has 1 aromatic heterocycles. The van der Waals surface area contributed by atoms with Gasteiger partial charge in [0.2, 0.25) is 0 Å². The van der Waals surface area contributed by atoms with Crippen LogP contribution in [0.1, 0.15) is 90.0 Å². The molecule has 1 heterocycles. The number of aromatic nitrogens is 1. The number of aryl methyl sites for hydroxylation is 1. The maximum atomic E-state index is 12.7. The average Bonchev–Trinajstić information content (AvgIpc) is 3.23. The molecule has 0 fully saturated rings. The van der Waals surface area contributed by atoms with Crippen LogP contribution in [0.3, 0.4) is 0 Å². The van der Waals surface area contributed by atoms with Crippen LogP contribution in [0.15, 0.2) is 77.7 Å². The highest BCUT2D eigenvalue weighted by molar-refractivity contribution is 6.10. The lowest BCUT2D eigenvalue weighted by atomic mass is 10.0. The Labute approximate surface area is 207 Å². The third kappa shape index (κ3) is 7.27. The van der Waals surface area contributed by atoms with Crippen LogP contribution in [-0.4, -0.2) is 16.6 Å². The van der Waals surface area contributed by atoms with Gasteiger partial charge >= 0.3 is 0 Å². The maximum absolute atomic E-state index is 12.7. The summed E-state index contributed by atoms with van der Waals surface area (Å²) in [7, 11) is 0. The predicted octanol–water partition coefficient (Wildman–Crippen LogP) is 7.75. The molecule has 0 spiro atoms. The average molecular weight is 463 g/mol. The SMILES string of the molecule is C=C1CC=CC1=N/C=C(\C)N[C@@H](C)c1cccc(NC(=O)c2cnc(C(C)C)c(C)c2)c1.CC.[HH].[HH]. The van der Waals surface area contributed by atoms with E-state index in [0.29, 0.717) is 11.5 Å². The molecule has 0 unspecified atom stereocenters. The number of amides is 1. The number of hydrogen-bond acceptors (Lipinski definition) is 4. The molecular weight excluding hydrogens is 420 g/mol. The number of carbonyl (C=O) groups is 1. The van der Waals surface area contributed by atoms with E-state index in [4.69, 9.17) is 0 Å². The minimum atomic E-state index is -0.162. The van der Waals surface area contributed by atoms with Crippen LogP contribution >= 0.6 is 0 Å². The molecule has 5 nitrogen and oxygen atoms in total. The Hall–Kier alpha value is -3.47. The van der Waals surface area contributed by atoms with Gasteiger partial charge in [0, 0.05) is 38.4 Å². The molecule has 0 radical (unpaired) electrons. The van der Waals surface area contributed by atoms with Crippen LogP contribution in [-0.2, 0) is 0 Å². The number of allylic oxidation sites excluding steroid dienone is 4. The normalized spacial score (nSPS) is 15.2. The highest BCUT2D eigenvalue weighted by Crippen LogP contribution is 2.21. The Balaban J connectivity index is 0.00000299. The fraction of sp³-hybridized carbons (Fsp3) is 0.345. The Kier molecular flexibility index (Phi) is 9.99. The minimum absolute atomic E-state index is 0. The fourth-order valence-corrected chi connectivity index (χ4v) is 3.70. The Morgan fingerprint density at radius 2 is 1.97 bits per heavy atom. The summed E-state index contributed by atoms with van der Waals surface area (Å²) >= 11 is 0. The van der Waals surface area contributed by atoms with Crippen molar-refractivity contribution in [1.82, 2.24) is 10.3 Å². The molecule has 0 saturated heterocycles. The van der Waals surface area contributed by atoms with Crippen LogP contribution in [0.4, 0.5) is 5.69 Å². The number of nitrogens with zero attached hydrogens (tertiary/aromatic N) is 2. The summed E-state index contributed by atoms with van der Waals surface area (Å²) in [5.41, 5.74) is 7.35. The zero-order valence-electron chi connectivity index (χ0n) is 21.6. The first kappa shape index (κ1) is 26.8. The van der Waals surface area contributed by atoms with Gasteiger partial charge < -0.3 is 10.6 Å². The number of benzene rings is 1. The van der Waals surface area contributed by atoms with Gasteiger partial charge in [0.15, 0.2) is 0 Å². The van der Waals surface area contributed by atoms with Crippen molar-refractivity contribution in [2.45, 2.75) is 66.8 Å². The highest BCUT2D eigenvalue weighted by atomic mass is 16.1. The molecule has 5 heteroatoms. The third-order valence-corrected chi connectivity index (χ3v) is 5.42. The summed E-state index contributed by atoms with van der Waals surface area (Å²) in [5, 5.41) is 6.44. The molecule has 1 aliphatic carbocycles. The van der Waals surface area contributed by atoms with E-state index in [-0.39, 0.29) is 14.8 Å². The number of pyridine rings is 1. The first-order valence-corrected chi connectivity index (χ1v) is 12.0. The molecule has 2 N–H and O–H groups in total. The summed E-state index contributed by atoms with van der Waals surface area (Å²) < 4.78 is 0. The highest BCUT2D eigenvalue weighted by Gasteiger charge is 2.12. The van der Waals surface area contributed by atoms with Crippen molar-refractivity contribution in [1.29, 1.82) is 0 Å². The summed E-state index contributed by atoms with van der Waals surface area (Å²) in [6.45, 7) is 18.3. The monoisotopic (exact) mass is 462 g/mol. The zero-order chi connectivity index (χ0) is 25.3. The molecule has 0 saturated carbocycles. The number of rotatable bonds is 7. The molecule has 1 aromatic carbocycles. The number of aliphatic imine (C=N–C) groups is 1. The quantitative estimate of drug-likeness (QED) is 0.442. The maximum Gasteiger partial charge on any atom is 0.257 e. The number of nitrogens with one attached hydrogen (secondary N) is 2. The molecule has 184 valence electrons. The van der Waals surface area contributed by atoms with Crippen molar-refractivity contribution in [2.24, 2.45) is 4.99 Å². The standard InChI is InChI=1S/C27H32N4O.C2H6.2H2/c1-17(2)26-19(4)13-23(16-29-26)27(32)31-24-11-8-10-22(14-24)21(6)30-20(5)15-28-25-12-7-9-18(25)3;1-2;;/h7-8,10-17,21,30H,3,9H2,1-2,4-6H3,(H,31,32);1-2H3;2*1H/b20-15+,28-25?;;;/t21-;;;/m0.../s1. The number of anilines is 1. The molecular formula is C29H42N4O. The van der Waals surface area contributed by atoms with Gasteiger partial charge in [-0.25, -0.2) is 0 Å². The minimum Gasteiger partial charge on any atom is -0.381 e. The second-order valence-electron chi connectivity index (χ2n) is 8.56. The van der Waals surface area contributed by atoms with E-state index < -0.39 is 0 Å². The molecule has 1 aliphatic rings. The van der Waals surface area contributed by atoms with Crippen molar-refractivity contribution < 1.29 is 7.65 Å². The second-order valence-corrected chi connectivity index (χ2v) is 8.56. The lowest BCUT2D eigenvalue weighted by molar-refractivity contribution is 0.102. The predicted molar refractivity (Wildman–Crippen MR) is 149 cm³/mol. The largest absolute Gasteiger partial charge is 0.381 e. The molecule has 0 aliphatic heterocycles. The molecule has 3 rings (SSSR count). The molecule has 2 aromatic rings. The molecule has 34 heavy (non-hydrogen) atoms. The van der Waals surface area contributed by atoms with E-state index >= 15 is 0 Å². The zero-order valence-corrected chi connectivity index (χ0v) is 21.6. The Morgan fingerprint density at radius 3 is 2.59 bits per heavy atom. The smallest absolute Gasteiger partial charge is 0.257 e. The molecule has 1 atom stereocenters. The van der Waals surface area contributed by atoms with Crippen LogP contribution in [0.25, 0.3) is 0 Å². The molecule has 1 amide bonds. The third-order valence-electron chi connectivity index (χ3n) is 5.42. The number of carbonyl (C=O) groups excluding carboxylic acids is 1. The van der Waals surface area contributed by atoms with Crippen molar-refractivity contribution in [3.63, 3.8) is 0 Å². The van der Waals surface area contributed by atoms with Gasteiger partial charge in [0.1, 0.15) is 0 Å². The first-order valence-electron chi connectivity index (χ1n) is 12.0. The lowest BCUT2D eigenvalue weighted by Gasteiger charge is -2.17.